The van der Waals surface area contributed by atoms with Gasteiger partial charge >= 0.3 is 5.97 Å². The van der Waals surface area contributed by atoms with Gasteiger partial charge in [0.25, 0.3) is 0 Å². The van der Waals surface area contributed by atoms with E-state index in [2.05, 4.69) is 0 Å². The Morgan fingerprint density at radius 3 is 2.64 bits per heavy atom. The molecule has 0 bridgehead atoms. The molecule has 1 saturated heterocycles. The Balaban J connectivity index is 1.81. The summed E-state index contributed by atoms with van der Waals surface area (Å²) in [5.74, 6) is -0.129. The largest absolute Gasteiger partial charge is 0.493 e. The van der Waals surface area contributed by atoms with Crippen molar-refractivity contribution in [2.45, 2.75) is 33.6 Å². The highest BCUT2D eigenvalue weighted by atomic mass is 16.5. The van der Waals surface area contributed by atoms with Gasteiger partial charge in [-0.05, 0) is 50.5 Å². The molecular weight excluding hydrogens is 282 g/mol. The minimum absolute atomic E-state index is 0.0474. The van der Waals surface area contributed by atoms with E-state index in [9.17, 15) is 14.7 Å². The summed E-state index contributed by atoms with van der Waals surface area (Å²) in [6.07, 6.45) is 0.773. The number of carboxylic acids is 1. The molecule has 0 aliphatic carbocycles. The third-order valence-electron chi connectivity index (χ3n) is 4.41. The van der Waals surface area contributed by atoms with Crippen LogP contribution in [0.15, 0.2) is 18.2 Å². The van der Waals surface area contributed by atoms with Gasteiger partial charge in [0.15, 0.2) is 0 Å². The zero-order valence-electron chi connectivity index (χ0n) is 13.4. The van der Waals surface area contributed by atoms with E-state index >= 15 is 0 Å². The van der Waals surface area contributed by atoms with Gasteiger partial charge < -0.3 is 14.7 Å². The van der Waals surface area contributed by atoms with Gasteiger partial charge in [0.2, 0.25) is 5.91 Å². The Morgan fingerprint density at radius 2 is 2.05 bits per heavy atom. The highest BCUT2D eigenvalue weighted by molar-refractivity contribution is 5.80. The molecule has 0 radical (unpaired) electrons. The fourth-order valence-electron chi connectivity index (χ4n) is 2.57. The van der Waals surface area contributed by atoms with E-state index in [0.29, 0.717) is 19.6 Å². The van der Waals surface area contributed by atoms with Gasteiger partial charge in [0.05, 0.1) is 18.4 Å². The molecule has 1 atom stereocenters. The Bertz CT molecular complexity index is 584. The van der Waals surface area contributed by atoms with E-state index in [-0.39, 0.29) is 18.9 Å². The predicted molar refractivity (Wildman–Crippen MR) is 83.0 cm³/mol. The second-order valence-corrected chi connectivity index (χ2v) is 6.28. The van der Waals surface area contributed by atoms with E-state index < -0.39 is 11.4 Å². The van der Waals surface area contributed by atoms with E-state index in [0.717, 1.165) is 11.3 Å². The smallest absolute Gasteiger partial charge is 0.311 e. The SMILES string of the molecule is Cc1ccc(OCCC(=O)N2CCC(C)(C(=O)O)C2)cc1C. The van der Waals surface area contributed by atoms with Crippen molar-refractivity contribution < 1.29 is 19.4 Å². The number of hydrogen-bond donors (Lipinski definition) is 1. The summed E-state index contributed by atoms with van der Waals surface area (Å²) < 4.78 is 5.61. The first-order chi connectivity index (χ1) is 10.3. The average molecular weight is 305 g/mol. The first-order valence-electron chi connectivity index (χ1n) is 7.53. The van der Waals surface area contributed by atoms with Crippen molar-refractivity contribution in [2.75, 3.05) is 19.7 Å². The normalized spacial score (nSPS) is 21.0. The molecule has 1 unspecified atom stereocenters. The van der Waals surface area contributed by atoms with Crippen LogP contribution in [0, 0.1) is 19.3 Å². The molecule has 1 amide bonds. The van der Waals surface area contributed by atoms with Crippen molar-refractivity contribution >= 4 is 11.9 Å². The van der Waals surface area contributed by atoms with Crippen molar-refractivity contribution in [1.29, 1.82) is 0 Å². The Labute approximate surface area is 130 Å². The van der Waals surface area contributed by atoms with Gasteiger partial charge in [-0.15, -0.1) is 0 Å². The minimum atomic E-state index is -0.839. The number of likely N-dealkylation sites (tertiary alicyclic amines) is 1. The number of hydrogen-bond acceptors (Lipinski definition) is 3. The third-order valence-corrected chi connectivity index (χ3v) is 4.41. The van der Waals surface area contributed by atoms with Crippen molar-refractivity contribution in [2.24, 2.45) is 5.41 Å². The summed E-state index contributed by atoms with van der Waals surface area (Å²) in [7, 11) is 0. The lowest BCUT2D eigenvalue weighted by molar-refractivity contribution is -0.147. The zero-order chi connectivity index (χ0) is 16.3. The lowest BCUT2D eigenvalue weighted by Gasteiger charge is -2.20. The number of carboxylic acid groups (broad SMARTS) is 1. The van der Waals surface area contributed by atoms with Crippen molar-refractivity contribution in [3.8, 4) is 5.75 Å². The molecule has 1 N–H and O–H groups in total. The maximum atomic E-state index is 12.1. The van der Waals surface area contributed by atoms with Gasteiger partial charge in [-0.3, -0.25) is 9.59 Å². The van der Waals surface area contributed by atoms with Crippen LogP contribution in [-0.2, 0) is 9.59 Å². The molecule has 1 fully saturated rings. The van der Waals surface area contributed by atoms with Gasteiger partial charge in [0.1, 0.15) is 5.75 Å². The van der Waals surface area contributed by atoms with Gasteiger partial charge in [0, 0.05) is 13.1 Å². The van der Waals surface area contributed by atoms with Crippen LogP contribution in [-0.4, -0.2) is 41.6 Å². The summed E-state index contributed by atoms with van der Waals surface area (Å²) in [5, 5.41) is 9.18. The van der Waals surface area contributed by atoms with Crippen LogP contribution < -0.4 is 4.74 Å². The maximum absolute atomic E-state index is 12.1. The molecule has 120 valence electrons. The minimum Gasteiger partial charge on any atom is -0.493 e. The fraction of sp³-hybridized carbons (Fsp3) is 0.529. The number of amides is 1. The molecule has 0 spiro atoms. The van der Waals surface area contributed by atoms with Gasteiger partial charge in [-0.25, -0.2) is 0 Å². The lowest BCUT2D eigenvalue weighted by atomic mass is 9.90. The molecule has 5 heteroatoms. The average Bonchev–Trinajstić information content (AvgIpc) is 2.87. The number of ether oxygens (including phenoxy) is 1. The van der Waals surface area contributed by atoms with E-state index in [4.69, 9.17) is 4.74 Å². The third kappa shape index (κ3) is 3.59. The van der Waals surface area contributed by atoms with Crippen LogP contribution >= 0.6 is 0 Å². The molecule has 0 saturated carbocycles. The quantitative estimate of drug-likeness (QED) is 0.907. The summed E-state index contributed by atoms with van der Waals surface area (Å²) >= 11 is 0. The number of aryl methyl sites for hydroxylation is 2. The molecular formula is C17H23NO4. The maximum Gasteiger partial charge on any atom is 0.311 e. The van der Waals surface area contributed by atoms with E-state index in [1.807, 2.05) is 32.0 Å². The summed E-state index contributed by atoms with van der Waals surface area (Å²) in [6.45, 7) is 6.84. The standard InChI is InChI=1S/C17H23NO4/c1-12-4-5-14(10-13(12)2)22-9-6-15(19)18-8-7-17(3,11-18)16(20)21/h4-5,10H,6-9,11H2,1-3H3,(H,20,21). The van der Waals surface area contributed by atoms with Gasteiger partial charge in [-0.1, -0.05) is 6.07 Å². The molecule has 22 heavy (non-hydrogen) atoms. The number of rotatable bonds is 5. The highest BCUT2D eigenvalue weighted by Crippen LogP contribution is 2.30. The number of nitrogens with zero attached hydrogens (tertiary/aromatic N) is 1. The predicted octanol–water partition coefficient (Wildman–Crippen LogP) is 2.40. The van der Waals surface area contributed by atoms with Crippen LogP contribution in [0.3, 0.4) is 0 Å². The highest BCUT2D eigenvalue weighted by Gasteiger charge is 2.41. The van der Waals surface area contributed by atoms with Crippen LogP contribution in [0.2, 0.25) is 0 Å². The van der Waals surface area contributed by atoms with Crippen molar-refractivity contribution in [3.63, 3.8) is 0 Å². The Kier molecular flexibility index (Phi) is 4.74. The topological polar surface area (TPSA) is 66.8 Å². The second-order valence-electron chi connectivity index (χ2n) is 6.28. The Morgan fingerprint density at radius 1 is 1.32 bits per heavy atom. The second kappa shape index (κ2) is 6.38. The fourth-order valence-corrected chi connectivity index (χ4v) is 2.57. The van der Waals surface area contributed by atoms with Crippen LogP contribution in [0.1, 0.15) is 30.9 Å². The zero-order valence-corrected chi connectivity index (χ0v) is 13.4. The van der Waals surface area contributed by atoms with Crippen LogP contribution in [0.4, 0.5) is 0 Å². The lowest BCUT2D eigenvalue weighted by Crippen LogP contribution is -2.35. The Hall–Kier alpha value is -2.04. The molecule has 1 aliphatic rings. The number of carbonyl (C=O) groups is 2. The van der Waals surface area contributed by atoms with Crippen molar-refractivity contribution in [3.05, 3.63) is 29.3 Å². The molecule has 2 rings (SSSR count). The van der Waals surface area contributed by atoms with E-state index in [1.54, 1.807) is 11.8 Å². The summed E-state index contributed by atoms with van der Waals surface area (Å²) in [4.78, 5) is 24.9. The first-order valence-corrected chi connectivity index (χ1v) is 7.53. The van der Waals surface area contributed by atoms with Crippen LogP contribution in [0.5, 0.6) is 5.75 Å². The van der Waals surface area contributed by atoms with E-state index in [1.165, 1.54) is 5.56 Å². The van der Waals surface area contributed by atoms with Gasteiger partial charge in [-0.2, -0.15) is 0 Å². The summed E-state index contributed by atoms with van der Waals surface area (Å²) in [6, 6.07) is 5.84. The number of benzene rings is 1. The monoisotopic (exact) mass is 305 g/mol. The molecule has 1 aromatic carbocycles. The molecule has 1 aromatic rings. The molecule has 1 heterocycles. The molecule has 0 aromatic heterocycles. The summed E-state index contributed by atoms with van der Waals surface area (Å²) in [5.41, 5.74) is 1.54. The molecule has 1 aliphatic heterocycles. The number of carbonyl (C=O) groups excluding carboxylic acids is 1. The van der Waals surface area contributed by atoms with Crippen LogP contribution in [0.25, 0.3) is 0 Å². The van der Waals surface area contributed by atoms with Crippen molar-refractivity contribution in [1.82, 2.24) is 4.90 Å². The number of aliphatic carboxylic acids is 1. The molecule has 5 nitrogen and oxygen atoms in total. The first kappa shape index (κ1) is 16.3.